The fourth-order valence-corrected chi connectivity index (χ4v) is 4.95. The molecule has 1 aliphatic heterocycles. The lowest BCUT2D eigenvalue weighted by Gasteiger charge is -2.40. The molecule has 1 aliphatic carbocycles. The normalized spacial score (nSPS) is 21.5. The molecule has 1 amide bonds. The number of aliphatic hydroxyl groups is 1. The lowest BCUT2D eigenvalue weighted by atomic mass is 9.67. The van der Waals surface area contributed by atoms with Gasteiger partial charge in [-0.25, -0.2) is 0 Å². The molecule has 0 radical (unpaired) electrons. The lowest BCUT2D eigenvalue weighted by molar-refractivity contribution is -0.186. The Morgan fingerprint density at radius 1 is 1.06 bits per heavy atom. The van der Waals surface area contributed by atoms with Gasteiger partial charge in [0, 0.05) is 26.2 Å². The second-order valence-corrected chi connectivity index (χ2v) is 9.25. The average molecular weight is 475 g/mol. The Bertz CT molecular complexity index is 1020. The summed E-state index contributed by atoms with van der Waals surface area (Å²) in [6.07, 6.45) is -2.11. The standard InChI is InChI=1S/C26H29F3N2O3/c27-26(28,29)24(33)31(16-19-8-2-1-3-9-19)15-7-14-30-17-20-10-4-5-13-22(20)25(34,23(32)18-30)21-11-6-12-21/h1-5,8-10,13,21,34H,6-7,11-12,14-18H2/t25-/m1/s1. The van der Waals surface area contributed by atoms with Crippen LogP contribution in [0.15, 0.2) is 54.6 Å². The number of ketones is 1. The van der Waals surface area contributed by atoms with E-state index < -0.39 is 17.7 Å². The number of fused-ring (bicyclic) bond motifs is 1. The second-order valence-electron chi connectivity index (χ2n) is 9.25. The fraction of sp³-hybridized carbons (Fsp3) is 0.462. The molecule has 0 saturated heterocycles. The van der Waals surface area contributed by atoms with Gasteiger partial charge in [0.1, 0.15) is 0 Å². The van der Waals surface area contributed by atoms with Crippen LogP contribution >= 0.6 is 0 Å². The summed E-state index contributed by atoms with van der Waals surface area (Å²) >= 11 is 0. The van der Waals surface area contributed by atoms with E-state index >= 15 is 0 Å². The minimum absolute atomic E-state index is 0.0214. The molecule has 0 unspecified atom stereocenters. The van der Waals surface area contributed by atoms with Crippen molar-refractivity contribution in [1.29, 1.82) is 0 Å². The minimum atomic E-state index is -4.95. The summed E-state index contributed by atoms with van der Waals surface area (Å²) in [5.41, 5.74) is 0.597. The van der Waals surface area contributed by atoms with Gasteiger partial charge in [-0.15, -0.1) is 0 Å². The first kappa shape index (κ1) is 24.4. The van der Waals surface area contributed by atoms with Crippen LogP contribution in [0.4, 0.5) is 13.2 Å². The molecule has 1 N–H and O–H groups in total. The molecule has 0 aromatic heterocycles. The molecule has 1 fully saturated rings. The SMILES string of the molecule is O=C(N(CCCN1CC(=O)[C@@](O)(C2CCC2)c2ccccc2C1)Cc1ccccc1)C(F)(F)F. The summed E-state index contributed by atoms with van der Waals surface area (Å²) < 4.78 is 39.5. The Morgan fingerprint density at radius 2 is 1.74 bits per heavy atom. The molecule has 1 atom stereocenters. The highest BCUT2D eigenvalue weighted by Crippen LogP contribution is 2.45. The van der Waals surface area contributed by atoms with Gasteiger partial charge in [-0.2, -0.15) is 13.2 Å². The number of amides is 1. The van der Waals surface area contributed by atoms with E-state index in [4.69, 9.17) is 0 Å². The predicted molar refractivity (Wildman–Crippen MR) is 120 cm³/mol. The van der Waals surface area contributed by atoms with Gasteiger partial charge in [-0.1, -0.05) is 61.0 Å². The first-order chi connectivity index (χ1) is 16.2. The highest BCUT2D eigenvalue weighted by atomic mass is 19.4. The van der Waals surface area contributed by atoms with Crippen LogP contribution in [0.5, 0.6) is 0 Å². The van der Waals surface area contributed by atoms with Crippen LogP contribution < -0.4 is 0 Å². The van der Waals surface area contributed by atoms with E-state index in [1.165, 1.54) is 0 Å². The van der Waals surface area contributed by atoms with Crippen LogP contribution in [0, 0.1) is 5.92 Å². The molecule has 0 bridgehead atoms. The van der Waals surface area contributed by atoms with Crippen molar-refractivity contribution in [3.63, 3.8) is 0 Å². The van der Waals surface area contributed by atoms with Crippen molar-refractivity contribution < 1.29 is 27.9 Å². The van der Waals surface area contributed by atoms with Crippen LogP contribution in [0.2, 0.25) is 0 Å². The van der Waals surface area contributed by atoms with Crippen molar-refractivity contribution >= 4 is 11.7 Å². The van der Waals surface area contributed by atoms with Gasteiger partial charge in [0.25, 0.3) is 0 Å². The molecule has 2 aromatic rings. The average Bonchev–Trinajstić information content (AvgIpc) is 2.86. The van der Waals surface area contributed by atoms with E-state index in [9.17, 15) is 27.9 Å². The van der Waals surface area contributed by atoms with Gasteiger partial charge >= 0.3 is 12.1 Å². The number of carbonyl (C=O) groups is 2. The summed E-state index contributed by atoms with van der Waals surface area (Å²) in [7, 11) is 0. The summed E-state index contributed by atoms with van der Waals surface area (Å²) in [5.74, 6) is -2.24. The summed E-state index contributed by atoms with van der Waals surface area (Å²) in [6.45, 7) is 0.544. The molecule has 1 saturated carbocycles. The maximum absolute atomic E-state index is 13.2. The molecule has 5 nitrogen and oxygen atoms in total. The van der Waals surface area contributed by atoms with Gasteiger partial charge in [0.2, 0.25) is 0 Å². The molecule has 34 heavy (non-hydrogen) atoms. The number of hydrogen-bond acceptors (Lipinski definition) is 4. The molecule has 2 aromatic carbocycles. The fourth-order valence-electron chi connectivity index (χ4n) is 4.95. The third-order valence-corrected chi connectivity index (χ3v) is 6.96. The Morgan fingerprint density at radius 3 is 2.38 bits per heavy atom. The Hall–Kier alpha value is -2.71. The van der Waals surface area contributed by atoms with Gasteiger partial charge in [-0.3, -0.25) is 14.5 Å². The quantitative estimate of drug-likeness (QED) is 0.658. The highest BCUT2D eigenvalue weighted by Gasteiger charge is 2.50. The lowest BCUT2D eigenvalue weighted by Crippen LogP contribution is -2.48. The van der Waals surface area contributed by atoms with E-state index in [0.717, 1.165) is 29.7 Å². The molecule has 8 heteroatoms. The van der Waals surface area contributed by atoms with Gasteiger partial charge in [0.15, 0.2) is 11.4 Å². The zero-order valence-corrected chi connectivity index (χ0v) is 18.9. The van der Waals surface area contributed by atoms with Gasteiger partial charge < -0.3 is 10.0 Å². The number of carbonyl (C=O) groups excluding carboxylic acids is 2. The molecule has 4 rings (SSSR count). The number of nitrogens with zero attached hydrogens (tertiary/aromatic N) is 2. The molecule has 0 spiro atoms. The second kappa shape index (κ2) is 9.88. The van der Waals surface area contributed by atoms with Crippen molar-refractivity contribution in [1.82, 2.24) is 9.80 Å². The van der Waals surface area contributed by atoms with Crippen LogP contribution in [-0.4, -0.2) is 52.4 Å². The predicted octanol–water partition coefficient (Wildman–Crippen LogP) is 4.04. The van der Waals surface area contributed by atoms with Crippen LogP contribution in [-0.2, 0) is 28.3 Å². The van der Waals surface area contributed by atoms with Gasteiger partial charge in [-0.05, 0) is 41.9 Å². The van der Waals surface area contributed by atoms with E-state index in [1.807, 2.05) is 23.1 Å². The third-order valence-electron chi connectivity index (χ3n) is 6.96. The number of Topliss-reactive ketones (excluding diaryl/α,β-unsaturated/α-hetero) is 1. The molecule has 1 heterocycles. The highest BCUT2D eigenvalue weighted by molar-refractivity contribution is 5.91. The summed E-state index contributed by atoms with van der Waals surface area (Å²) in [6, 6.07) is 15.9. The summed E-state index contributed by atoms with van der Waals surface area (Å²) in [5, 5.41) is 11.5. The Kier molecular flexibility index (Phi) is 7.09. The maximum Gasteiger partial charge on any atom is 0.471 e. The van der Waals surface area contributed by atoms with Crippen LogP contribution in [0.25, 0.3) is 0 Å². The van der Waals surface area contributed by atoms with E-state index in [2.05, 4.69) is 0 Å². The van der Waals surface area contributed by atoms with Crippen molar-refractivity contribution in [3.8, 4) is 0 Å². The van der Waals surface area contributed by atoms with Crippen LogP contribution in [0.3, 0.4) is 0 Å². The summed E-state index contributed by atoms with van der Waals surface area (Å²) in [4.78, 5) is 27.9. The number of alkyl halides is 3. The first-order valence-electron chi connectivity index (χ1n) is 11.7. The zero-order chi connectivity index (χ0) is 24.3. The third kappa shape index (κ3) is 5.03. The van der Waals surface area contributed by atoms with Crippen molar-refractivity contribution in [2.24, 2.45) is 5.92 Å². The van der Waals surface area contributed by atoms with E-state index in [1.54, 1.807) is 36.4 Å². The van der Waals surface area contributed by atoms with E-state index in [0.29, 0.717) is 24.2 Å². The Labute approximate surface area is 197 Å². The van der Waals surface area contributed by atoms with Crippen molar-refractivity contribution in [2.75, 3.05) is 19.6 Å². The number of hydrogen-bond donors (Lipinski definition) is 1. The largest absolute Gasteiger partial charge is 0.471 e. The molecular weight excluding hydrogens is 445 g/mol. The first-order valence-corrected chi connectivity index (χ1v) is 11.7. The van der Waals surface area contributed by atoms with Crippen molar-refractivity contribution in [2.45, 2.75) is 50.6 Å². The number of benzene rings is 2. The smallest absolute Gasteiger partial charge is 0.377 e. The molecule has 182 valence electrons. The number of rotatable bonds is 7. The van der Waals surface area contributed by atoms with Crippen LogP contribution in [0.1, 0.15) is 42.4 Å². The Balaban J connectivity index is 1.46. The van der Waals surface area contributed by atoms with Crippen molar-refractivity contribution in [3.05, 3.63) is 71.3 Å². The van der Waals surface area contributed by atoms with Gasteiger partial charge in [0.05, 0.1) is 6.54 Å². The topological polar surface area (TPSA) is 60.9 Å². The number of halogens is 3. The maximum atomic E-state index is 13.2. The minimum Gasteiger partial charge on any atom is -0.377 e. The zero-order valence-electron chi connectivity index (χ0n) is 18.9. The molecular formula is C26H29F3N2O3. The monoisotopic (exact) mass is 474 g/mol. The van der Waals surface area contributed by atoms with E-state index in [-0.39, 0.29) is 37.8 Å². The molecule has 2 aliphatic rings.